The van der Waals surface area contributed by atoms with Gasteiger partial charge in [0.2, 0.25) is 0 Å². The molecule has 3 nitrogen and oxygen atoms in total. The Morgan fingerprint density at radius 3 is 2.40 bits per heavy atom. The molecule has 0 radical (unpaired) electrons. The minimum atomic E-state index is -4.52. The lowest BCUT2D eigenvalue weighted by molar-refractivity contribution is -0.174. The molecule has 20 heavy (non-hydrogen) atoms. The topological polar surface area (TPSA) is 34.1 Å². The van der Waals surface area contributed by atoms with E-state index in [9.17, 15) is 26.3 Å². The Bertz CT molecular complexity index is 417. The van der Waals surface area contributed by atoms with Gasteiger partial charge in [-0.15, -0.1) is 11.3 Å². The van der Waals surface area contributed by atoms with E-state index >= 15 is 0 Å². The summed E-state index contributed by atoms with van der Waals surface area (Å²) in [4.78, 5) is 3.56. The van der Waals surface area contributed by atoms with E-state index in [1.54, 1.807) is 0 Å². The molecule has 1 N–H and O–H groups in total. The van der Waals surface area contributed by atoms with Crippen LogP contribution in [0.2, 0.25) is 0 Å². The van der Waals surface area contributed by atoms with Crippen LogP contribution in [0.1, 0.15) is 22.3 Å². The van der Waals surface area contributed by atoms with Crippen molar-refractivity contribution in [2.24, 2.45) is 0 Å². The van der Waals surface area contributed by atoms with Gasteiger partial charge in [0.05, 0.1) is 0 Å². The average Bonchev–Trinajstić information content (AvgIpc) is 2.76. The van der Waals surface area contributed by atoms with Crippen molar-refractivity contribution < 1.29 is 31.1 Å². The lowest BCUT2D eigenvalue weighted by atomic mass is 10.2. The first-order chi connectivity index (χ1) is 9.13. The van der Waals surface area contributed by atoms with Crippen molar-refractivity contribution in [3.8, 4) is 0 Å². The van der Waals surface area contributed by atoms with Gasteiger partial charge in [0.25, 0.3) is 0 Å². The molecule has 0 aliphatic rings. The minimum absolute atomic E-state index is 0.117. The highest BCUT2D eigenvalue weighted by molar-refractivity contribution is 7.11. The van der Waals surface area contributed by atoms with Crippen LogP contribution in [0.3, 0.4) is 0 Å². The van der Waals surface area contributed by atoms with Crippen LogP contribution in [-0.4, -0.2) is 31.4 Å². The zero-order valence-corrected chi connectivity index (χ0v) is 11.1. The fraction of sp³-hybridized carbons (Fsp3) is 0.700. The van der Waals surface area contributed by atoms with E-state index in [1.165, 1.54) is 7.05 Å². The summed E-state index contributed by atoms with van der Waals surface area (Å²) in [5.74, 6) is 0. The van der Waals surface area contributed by atoms with Crippen LogP contribution in [-0.2, 0) is 10.9 Å². The quantitative estimate of drug-likeness (QED) is 0.644. The molecule has 0 aliphatic heterocycles. The molecule has 0 saturated carbocycles. The Balaban J connectivity index is 2.52. The van der Waals surface area contributed by atoms with Gasteiger partial charge in [-0.1, -0.05) is 0 Å². The lowest BCUT2D eigenvalue weighted by Crippen LogP contribution is -2.21. The lowest BCUT2D eigenvalue weighted by Gasteiger charge is -2.14. The number of thiazole rings is 1. The minimum Gasteiger partial charge on any atom is -0.372 e. The zero-order chi connectivity index (χ0) is 15.4. The molecule has 0 saturated heterocycles. The monoisotopic (exact) mass is 322 g/mol. The number of halogens is 6. The predicted octanol–water partition coefficient (Wildman–Crippen LogP) is 3.39. The van der Waals surface area contributed by atoms with Gasteiger partial charge >= 0.3 is 12.4 Å². The maximum atomic E-state index is 12.4. The molecule has 10 heteroatoms. The fourth-order valence-corrected chi connectivity index (χ4v) is 2.32. The summed E-state index contributed by atoms with van der Waals surface area (Å²) < 4.78 is 77.1. The SMILES string of the molecule is CNC(CCOCC(F)(F)F)c1cnc(C(F)(F)F)s1. The van der Waals surface area contributed by atoms with Crippen molar-refractivity contribution in [1.82, 2.24) is 10.3 Å². The van der Waals surface area contributed by atoms with Crippen LogP contribution in [0, 0.1) is 0 Å². The highest BCUT2D eigenvalue weighted by Gasteiger charge is 2.35. The van der Waals surface area contributed by atoms with E-state index < -0.39 is 30.0 Å². The van der Waals surface area contributed by atoms with Crippen LogP contribution < -0.4 is 5.32 Å². The number of ether oxygens (including phenoxy) is 1. The van der Waals surface area contributed by atoms with Crippen LogP contribution in [0.15, 0.2) is 6.20 Å². The molecule has 1 heterocycles. The highest BCUT2D eigenvalue weighted by Crippen LogP contribution is 2.34. The molecule has 1 atom stereocenters. The molecular weight excluding hydrogens is 310 g/mol. The summed E-state index contributed by atoms with van der Waals surface area (Å²) in [5, 5.41) is 1.74. The second kappa shape index (κ2) is 6.72. The molecule has 1 aromatic rings. The number of hydrogen-bond acceptors (Lipinski definition) is 4. The number of hydrogen-bond donors (Lipinski definition) is 1. The molecular formula is C10H12F6N2OS. The van der Waals surface area contributed by atoms with Crippen molar-refractivity contribution in [2.75, 3.05) is 20.3 Å². The van der Waals surface area contributed by atoms with Gasteiger partial charge in [-0.25, -0.2) is 4.98 Å². The maximum Gasteiger partial charge on any atom is 0.443 e. The normalized spacial score (nSPS) is 14.6. The van der Waals surface area contributed by atoms with Gasteiger partial charge < -0.3 is 10.1 Å². The third-order valence-corrected chi connectivity index (χ3v) is 3.43. The molecule has 0 aromatic carbocycles. The standard InChI is InChI=1S/C10H12F6N2OS/c1-17-6(2-3-19-5-9(11,12)13)7-4-18-8(20-7)10(14,15)16/h4,6,17H,2-3,5H2,1H3. The van der Waals surface area contributed by atoms with E-state index in [0.717, 1.165) is 6.20 Å². The zero-order valence-electron chi connectivity index (χ0n) is 10.3. The Labute approximate surface area is 115 Å². The third-order valence-electron chi connectivity index (χ3n) is 2.27. The van der Waals surface area contributed by atoms with Gasteiger partial charge in [-0.2, -0.15) is 26.3 Å². The van der Waals surface area contributed by atoms with Gasteiger partial charge in [0.1, 0.15) is 6.61 Å². The number of nitrogens with zero attached hydrogens (tertiary/aromatic N) is 1. The van der Waals surface area contributed by atoms with Crippen LogP contribution >= 0.6 is 11.3 Å². The molecule has 116 valence electrons. The van der Waals surface area contributed by atoms with Crippen molar-refractivity contribution in [3.63, 3.8) is 0 Å². The fourth-order valence-electron chi connectivity index (χ4n) is 1.40. The number of rotatable bonds is 6. The van der Waals surface area contributed by atoms with Crippen LogP contribution in [0.25, 0.3) is 0 Å². The number of aromatic nitrogens is 1. The molecule has 1 rings (SSSR count). The molecule has 0 aliphatic carbocycles. The molecule has 1 unspecified atom stereocenters. The second-order valence-corrected chi connectivity index (χ2v) is 4.93. The van der Waals surface area contributed by atoms with E-state index in [2.05, 4.69) is 15.0 Å². The Morgan fingerprint density at radius 1 is 1.30 bits per heavy atom. The first kappa shape index (κ1) is 17.2. The first-order valence-corrected chi connectivity index (χ1v) is 6.30. The molecule has 0 spiro atoms. The van der Waals surface area contributed by atoms with Gasteiger partial charge in [-0.05, 0) is 13.5 Å². The summed E-state index contributed by atoms with van der Waals surface area (Å²) in [7, 11) is 1.50. The maximum absolute atomic E-state index is 12.4. The van der Waals surface area contributed by atoms with E-state index in [0.29, 0.717) is 16.2 Å². The van der Waals surface area contributed by atoms with Crippen molar-refractivity contribution in [1.29, 1.82) is 0 Å². The summed E-state index contributed by atoms with van der Waals surface area (Å²) in [6.45, 7) is -1.59. The summed E-state index contributed by atoms with van der Waals surface area (Å²) in [6, 6.07) is -0.531. The molecule has 1 aromatic heterocycles. The summed E-state index contributed by atoms with van der Waals surface area (Å²) in [6.07, 6.45) is -7.75. The highest BCUT2D eigenvalue weighted by atomic mass is 32.1. The predicted molar refractivity (Wildman–Crippen MR) is 60.4 cm³/mol. The molecule has 0 bridgehead atoms. The van der Waals surface area contributed by atoms with Crippen LogP contribution in [0.5, 0.6) is 0 Å². The van der Waals surface area contributed by atoms with Gasteiger partial charge in [0, 0.05) is 23.7 Å². The Morgan fingerprint density at radius 2 is 1.95 bits per heavy atom. The van der Waals surface area contributed by atoms with Gasteiger partial charge in [-0.3, -0.25) is 0 Å². The molecule has 0 fully saturated rings. The number of nitrogens with one attached hydrogen (secondary N) is 1. The van der Waals surface area contributed by atoms with E-state index in [4.69, 9.17) is 0 Å². The van der Waals surface area contributed by atoms with Crippen LogP contribution in [0.4, 0.5) is 26.3 Å². The largest absolute Gasteiger partial charge is 0.443 e. The van der Waals surface area contributed by atoms with Crippen molar-refractivity contribution >= 4 is 11.3 Å². The van der Waals surface area contributed by atoms with E-state index in [-0.39, 0.29) is 13.0 Å². The smallest absolute Gasteiger partial charge is 0.372 e. The Kier molecular flexibility index (Phi) is 5.78. The first-order valence-electron chi connectivity index (χ1n) is 5.48. The van der Waals surface area contributed by atoms with E-state index in [1.807, 2.05) is 0 Å². The second-order valence-electron chi connectivity index (χ2n) is 3.86. The average molecular weight is 322 g/mol. The Hall–Kier alpha value is -0.870. The summed E-state index contributed by atoms with van der Waals surface area (Å²) >= 11 is 0.460. The summed E-state index contributed by atoms with van der Waals surface area (Å²) in [5.41, 5.74) is 0. The number of alkyl halides is 6. The van der Waals surface area contributed by atoms with Gasteiger partial charge in [0.15, 0.2) is 5.01 Å². The van der Waals surface area contributed by atoms with Crippen molar-refractivity contribution in [3.05, 3.63) is 16.1 Å². The van der Waals surface area contributed by atoms with Crippen molar-refractivity contribution in [2.45, 2.75) is 24.8 Å². The molecule has 0 amide bonds. The third kappa shape index (κ3) is 5.63.